The van der Waals surface area contributed by atoms with Gasteiger partial charge in [0.2, 0.25) is 0 Å². The van der Waals surface area contributed by atoms with E-state index in [9.17, 15) is 0 Å². The first kappa shape index (κ1) is 24.9. The minimum atomic E-state index is 0. The maximum atomic E-state index is 3.80. The largest absolute Gasteiger partial charge is 4.00 e. The van der Waals surface area contributed by atoms with Gasteiger partial charge in [-0.05, 0) is 29.6 Å². The zero-order chi connectivity index (χ0) is 15.9. The Morgan fingerprint density at radius 3 is 2.36 bits per heavy atom. The summed E-state index contributed by atoms with van der Waals surface area (Å²) in [4.78, 5) is 2.26. The fourth-order valence-corrected chi connectivity index (χ4v) is 3.99. The number of halogens is 3. The zero-order valence-corrected chi connectivity index (χ0v) is 20.3. The Kier molecular flexibility index (Phi) is 10.3. The van der Waals surface area contributed by atoms with Crippen molar-refractivity contribution in [2.45, 2.75) is 27.2 Å². The molecule has 4 rings (SSSR count). The number of hydrogen-bond donors (Lipinski definition) is 0. The van der Waals surface area contributed by atoms with E-state index < -0.39 is 0 Å². The number of rotatable bonds is 0. The molecule has 1 atom stereocenters. The smallest absolute Gasteiger partial charge is 1.00 e. The van der Waals surface area contributed by atoms with Gasteiger partial charge >= 0.3 is 26.2 Å². The Hall–Kier alpha value is -0.0769. The Labute approximate surface area is 191 Å². The fraction of sp³-hybridized carbons (Fsp3) is 0.300. The molecule has 5 heteroatoms. The molecule has 25 heavy (non-hydrogen) atoms. The van der Waals surface area contributed by atoms with Crippen LogP contribution < -0.4 is 24.8 Å². The van der Waals surface area contributed by atoms with Crippen LogP contribution in [0.1, 0.15) is 27.2 Å². The van der Waals surface area contributed by atoms with Gasteiger partial charge in [-0.25, -0.2) is 12.2 Å². The number of nitrogens with zero attached hydrogens (tertiary/aromatic N) is 1. The summed E-state index contributed by atoms with van der Waals surface area (Å²) in [5.41, 5.74) is 7.86. The van der Waals surface area contributed by atoms with Crippen LogP contribution >= 0.6 is 15.9 Å². The minimum Gasteiger partial charge on any atom is -1.00 e. The third-order valence-corrected chi connectivity index (χ3v) is 5.42. The van der Waals surface area contributed by atoms with Gasteiger partial charge in [-0.1, -0.05) is 22.9 Å². The monoisotopic (exact) mass is 513 g/mol. The third kappa shape index (κ3) is 4.80. The summed E-state index contributed by atoms with van der Waals surface area (Å²) in [6.45, 7) is 6.53. The first-order valence-corrected chi connectivity index (χ1v) is 8.36. The molecule has 0 spiro atoms. The molecule has 0 aromatic rings. The summed E-state index contributed by atoms with van der Waals surface area (Å²) in [6.07, 6.45) is 18.0. The molecule has 0 saturated carbocycles. The van der Waals surface area contributed by atoms with Crippen molar-refractivity contribution in [2.24, 2.45) is 5.92 Å². The van der Waals surface area contributed by atoms with Gasteiger partial charge < -0.3 is 29.7 Å². The molecule has 1 nitrogen and oxygen atoms in total. The van der Waals surface area contributed by atoms with E-state index in [1.807, 2.05) is 12.2 Å². The summed E-state index contributed by atoms with van der Waals surface area (Å²) >= 11 is 3.80. The van der Waals surface area contributed by atoms with Crippen molar-refractivity contribution in [3.05, 3.63) is 80.7 Å². The normalized spacial score (nSPS) is 21.9. The van der Waals surface area contributed by atoms with E-state index in [2.05, 4.69) is 79.0 Å². The molecule has 0 saturated heterocycles. The van der Waals surface area contributed by atoms with Gasteiger partial charge in [-0.3, -0.25) is 6.08 Å². The fourth-order valence-electron chi connectivity index (χ4n) is 3.11. The molecule has 1 unspecified atom stereocenters. The second-order valence-corrected chi connectivity index (χ2v) is 6.84. The van der Waals surface area contributed by atoms with Crippen molar-refractivity contribution in [1.29, 1.82) is 0 Å². The van der Waals surface area contributed by atoms with E-state index >= 15 is 0 Å². The van der Waals surface area contributed by atoms with Crippen molar-refractivity contribution >= 4 is 15.9 Å². The minimum absolute atomic E-state index is 0. The molecule has 3 aliphatic carbocycles. The number of allylic oxidation sites excluding steroid dienone is 12. The van der Waals surface area contributed by atoms with Gasteiger partial charge in [0.25, 0.3) is 0 Å². The predicted molar refractivity (Wildman–Crippen MR) is 95.7 cm³/mol. The molecule has 0 amide bonds. The molecule has 0 fully saturated rings. The van der Waals surface area contributed by atoms with Gasteiger partial charge in [0, 0.05) is 18.7 Å². The van der Waals surface area contributed by atoms with Gasteiger partial charge in [-0.2, -0.15) is 23.8 Å². The van der Waals surface area contributed by atoms with Crippen molar-refractivity contribution in [2.75, 3.05) is 7.05 Å². The second kappa shape index (κ2) is 10.3. The van der Waals surface area contributed by atoms with E-state index in [4.69, 9.17) is 0 Å². The standard InChI is InChI=1S/C15H15BrN.C5H5.2ClH.Zr/c1-8-5-11-7-13-14(15(16)12(11)6-8)9(2)10(3)17(13)4;1-2-4-5-3-1;;;/h5-6,14H,1-4H3;1-3H,4H2;2*1H;/q2*-1;;;+4/p-2. The summed E-state index contributed by atoms with van der Waals surface area (Å²) < 4.78 is 1.29. The van der Waals surface area contributed by atoms with Crippen molar-refractivity contribution in [3.8, 4) is 0 Å². The zero-order valence-electron chi connectivity index (χ0n) is 14.8. The molecular weight excluding hydrogens is 496 g/mol. The number of fused-ring (bicyclic) bond motifs is 2. The van der Waals surface area contributed by atoms with Crippen LogP contribution in [0.3, 0.4) is 0 Å². The average molecular weight is 516 g/mol. The molecular formula is C20H20BrCl2NZr. The Bertz CT molecular complexity index is 729. The van der Waals surface area contributed by atoms with Gasteiger partial charge in [-0.15, -0.1) is 23.6 Å². The van der Waals surface area contributed by atoms with E-state index in [0.29, 0.717) is 5.92 Å². The van der Waals surface area contributed by atoms with E-state index in [0.717, 1.165) is 6.42 Å². The summed E-state index contributed by atoms with van der Waals surface area (Å²) in [6, 6.07) is 0. The van der Waals surface area contributed by atoms with Crippen LogP contribution in [0.5, 0.6) is 0 Å². The first-order chi connectivity index (χ1) is 10.5. The van der Waals surface area contributed by atoms with Crippen LogP contribution in [0, 0.1) is 18.1 Å². The molecule has 0 N–H and O–H groups in total. The molecule has 4 aliphatic rings. The predicted octanol–water partition coefficient (Wildman–Crippen LogP) is -0.611. The van der Waals surface area contributed by atoms with Crippen LogP contribution in [-0.2, 0) is 26.2 Å². The maximum absolute atomic E-state index is 3.80. The van der Waals surface area contributed by atoms with Crippen molar-refractivity contribution in [1.82, 2.24) is 4.90 Å². The quantitative estimate of drug-likeness (QED) is 0.389. The van der Waals surface area contributed by atoms with Crippen LogP contribution in [0.2, 0.25) is 0 Å². The molecule has 0 bridgehead atoms. The molecule has 1 heterocycles. The number of hydrogen-bond acceptors (Lipinski definition) is 1. The van der Waals surface area contributed by atoms with E-state index in [1.54, 1.807) is 0 Å². The van der Waals surface area contributed by atoms with Crippen molar-refractivity contribution in [3.63, 3.8) is 0 Å². The Morgan fingerprint density at radius 1 is 1.16 bits per heavy atom. The Balaban J connectivity index is 0.000000630. The summed E-state index contributed by atoms with van der Waals surface area (Å²) in [5.74, 6) is 0.370. The van der Waals surface area contributed by atoms with E-state index in [1.165, 1.54) is 38.2 Å². The van der Waals surface area contributed by atoms with Gasteiger partial charge in [0.15, 0.2) is 0 Å². The third-order valence-electron chi connectivity index (χ3n) is 4.54. The molecule has 0 radical (unpaired) electrons. The van der Waals surface area contributed by atoms with E-state index in [-0.39, 0.29) is 51.0 Å². The summed E-state index contributed by atoms with van der Waals surface area (Å²) in [5, 5.41) is 0. The SMILES string of the molecule is CC1=CC2=C(Br)C3C(=[C-]C2=C1)N(C)C(C)=C3C.[C-]1=CC=CC1.[Cl-].[Cl-].[Zr+4]. The summed E-state index contributed by atoms with van der Waals surface area (Å²) in [7, 11) is 2.13. The topological polar surface area (TPSA) is 3.24 Å². The van der Waals surface area contributed by atoms with Crippen molar-refractivity contribution < 1.29 is 51.0 Å². The molecule has 0 aromatic heterocycles. The van der Waals surface area contributed by atoms with Crippen LogP contribution in [0.25, 0.3) is 0 Å². The Morgan fingerprint density at radius 2 is 1.84 bits per heavy atom. The van der Waals surface area contributed by atoms with Crippen LogP contribution in [0.4, 0.5) is 0 Å². The van der Waals surface area contributed by atoms with Crippen LogP contribution in [-0.4, -0.2) is 11.9 Å². The van der Waals surface area contributed by atoms with Crippen LogP contribution in [0.15, 0.2) is 68.5 Å². The molecule has 130 valence electrons. The van der Waals surface area contributed by atoms with Gasteiger partial charge in [0.05, 0.1) is 0 Å². The average Bonchev–Trinajstić information content (AvgIpc) is 3.20. The molecule has 0 aromatic carbocycles. The molecule has 1 aliphatic heterocycles. The van der Waals surface area contributed by atoms with Gasteiger partial charge in [0.1, 0.15) is 0 Å². The maximum Gasteiger partial charge on any atom is 4.00 e. The first-order valence-electron chi connectivity index (χ1n) is 7.57. The second-order valence-electron chi connectivity index (χ2n) is 5.98.